The number of hydrogen-bond donors (Lipinski definition) is 6. The number of carbonyl (C=O) groups excluding carboxylic acids is 1. The summed E-state index contributed by atoms with van der Waals surface area (Å²) in [5, 5.41) is 54.8. The van der Waals surface area contributed by atoms with E-state index in [2.05, 4.69) is 43.5 Å². The molecule has 89 heavy (non-hydrogen) atoms. The van der Waals surface area contributed by atoms with E-state index in [1.165, 1.54) is 353 Å². The predicted molar refractivity (Wildman–Crippen MR) is 383 cm³/mol. The summed E-state index contributed by atoms with van der Waals surface area (Å²) >= 11 is 0. The number of allylic oxidation sites excluding steroid dienone is 5. The van der Waals surface area contributed by atoms with Crippen molar-refractivity contribution in [2.24, 2.45) is 0 Å². The molecule has 0 spiro atoms. The van der Waals surface area contributed by atoms with Gasteiger partial charge < -0.3 is 40.3 Å². The van der Waals surface area contributed by atoms with Crippen LogP contribution in [0.15, 0.2) is 36.5 Å². The summed E-state index contributed by atoms with van der Waals surface area (Å²) in [4.78, 5) is 13.2. The van der Waals surface area contributed by atoms with Gasteiger partial charge in [0, 0.05) is 6.42 Å². The highest BCUT2D eigenvalue weighted by Gasteiger charge is 2.44. The summed E-state index contributed by atoms with van der Waals surface area (Å²) < 4.78 is 11.3. The van der Waals surface area contributed by atoms with Crippen LogP contribution in [0.2, 0.25) is 0 Å². The van der Waals surface area contributed by atoms with Crippen molar-refractivity contribution in [2.45, 2.75) is 455 Å². The van der Waals surface area contributed by atoms with Gasteiger partial charge in [-0.2, -0.15) is 0 Å². The number of rotatable bonds is 71. The topological polar surface area (TPSA) is 149 Å². The highest BCUT2D eigenvalue weighted by Crippen LogP contribution is 2.24. The van der Waals surface area contributed by atoms with Gasteiger partial charge >= 0.3 is 0 Å². The molecule has 1 amide bonds. The molecule has 1 heterocycles. The largest absolute Gasteiger partial charge is 0.394 e. The zero-order chi connectivity index (χ0) is 64.2. The molecule has 7 unspecified atom stereocenters. The zero-order valence-corrected chi connectivity index (χ0v) is 59.2. The van der Waals surface area contributed by atoms with Crippen molar-refractivity contribution in [1.82, 2.24) is 5.32 Å². The van der Waals surface area contributed by atoms with E-state index in [1.54, 1.807) is 6.08 Å². The van der Waals surface area contributed by atoms with Crippen molar-refractivity contribution in [1.29, 1.82) is 0 Å². The van der Waals surface area contributed by atoms with Crippen molar-refractivity contribution >= 4 is 5.91 Å². The molecule has 0 bridgehead atoms. The Morgan fingerprint density at radius 3 is 0.944 bits per heavy atom. The van der Waals surface area contributed by atoms with Crippen molar-refractivity contribution in [3.05, 3.63) is 36.5 Å². The third-order valence-electron chi connectivity index (χ3n) is 19.2. The minimum atomic E-state index is -1.57. The second kappa shape index (κ2) is 69.2. The fourth-order valence-corrected chi connectivity index (χ4v) is 13.0. The smallest absolute Gasteiger partial charge is 0.220 e. The Balaban J connectivity index is 2.04. The van der Waals surface area contributed by atoms with E-state index < -0.39 is 49.5 Å². The first-order chi connectivity index (χ1) is 43.8. The Morgan fingerprint density at radius 2 is 0.640 bits per heavy atom. The Kier molecular flexibility index (Phi) is 66.5. The number of aliphatic hydroxyl groups is 5. The third kappa shape index (κ3) is 57.6. The molecule has 1 aliphatic heterocycles. The van der Waals surface area contributed by atoms with Crippen LogP contribution in [-0.4, -0.2) is 87.5 Å². The first-order valence-electron chi connectivity index (χ1n) is 39.7. The normalized spacial score (nSPS) is 17.9. The number of ether oxygens (including phenoxy) is 2. The number of unbranched alkanes of at least 4 members (excludes halogenated alkanes) is 57. The summed E-state index contributed by atoms with van der Waals surface area (Å²) in [5.41, 5.74) is 0. The number of hydrogen-bond acceptors (Lipinski definition) is 8. The van der Waals surface area contributed by atoms with Gasteiger partial charge in [0.25, 0.3) is 0 Å². The van der Waals surface area contributed by atoms with Gasteiger partial charge in [0.2, 0.25) is 5.91 Å². The summed E-state index contributed by atoms with van der Waals surface area (Å²) in [5.74, 6) is -0.177. The SMILES string of the molecule is CCCCCCCCCC/C=C\CCCCCCCCCCCCCCCCCCCCCCCCCCCCCCCC(=O)NC(COC1OC(CO)C(O)C(O)C1O)C(O)/C=C/CC/C=C/CCCCCCCCCCCCCCCCCCCCC. The highest BCUT2D eigenvalue weighted by atomic mass is 16.7. The molecule has 6 N–H and O–H groups in total. The van der Waals surface area contributed by atoms with Gasteiger partial charge in [-0.25, -0.2) is 0 Å². The Bertz CT molecular complexity index is 1500. The van der Waals surface area contributed by atoms with Crippen LogP contribution in [0.1, 0.15) is 412 Å². The summed E-state index contributed by atoms with van der Waals surface area (Å²) in [6.07, 6.45) is 87.4. The summed E-state index contributed by atoms with van der Waals surface area (Å²) in [6, 6.07) is -0.822. The summed E-state index contributed by atoms with van der Waals surface area (Å²) in [7, 11) is 0. The Labute approximate surface area is 552 Å². The van der Waals surface area contributed by atoms with Crippen molar-refractivity contribution in [2.75, 3.05) is 13.2 Å². The molecule has 0 aromatic heterocycles. The molecule has 526 valence electrons. The van der Waals surface area contributed by atoms with Gasteiger partial charge in [0.15, 0.2) is 6.29 Å². The van der Waals surface area contributed by atoms with E-state index in [-0.39, 0.29) is 12.5 Å². The maximum atomic E-state index is 13.2. The molecule has 9 nitrogen and oxygen atoms in total. The maximum Gasteiger partial charge on any atom is 0.220 e. The third-order valence-corrected chi connectivity index (χ3v) is 19.2. The number of aliphatic hydroxyl groups excluding tert-OH is 5. The molecule has 9 heteroatoms. The minimum Gasteiger partial charge on any atom is -0.394 e. The van der Waals surface area contributed by atoms with Gasteiger partial charge in [0.1, 0.15) is 24.4 Å². The molecule has 1 fully saturated rings. The van der Waals surface area contributed by atoms with Gasteiger partial charge in [-0.3, -0.25) is 4.79 Å². The second-order valence-corrected chi connectivity index (χ2v) is 27.9. The first kappa shape index (κ1) is 85.4. The number of amides is 1. The van der Waals surface area contributed by atoms with Gasteiger partial charge in [-0.1, -0.05) is 384 Å². The standard InChI is InChI=1S/C80H153NO8/c1-3-5-7-9-11-13-15-17-19-21-23-25-27-29-30-31-32-33-34-35-36-37-38-39-40-41-42-43-44-46-48-50-52-54-56-58-60-62-64-66-68-70-76(84)81-73(72-88-80-79(87)78(86)77(85)75(71-82)89-80)74(83)69-67-65-63-61-59-57-55-53-51-49-47-45-28-26-24-22-20-18-16-14-12-10-8-6-4-2/h21,23,59,61,67,69,73-75,77-80,82-83,85-87H,3-20,22,24-58,60,62-66,68,70-72H2,1-2H3,(H,81,84)/b23-21-,61-59+,69-67+. The molecular weight excluding hydrogens is 1100 g/mol. The molecule has 1 saturated heterocycles. The molecule has 0 aromatic carbocycles. The van der Waals surface area contributed by atoms with Crippen LogP contribution >= 0.6 is 0 Å². The van der Waals surface area contributed by atoms with Crippen LogP contribution in [0.4, 0.5) is 0 Å². The van der Waals surface area contributed by atoms with Gasteiger partial charge in [0.05, 0.1) is 25.4 Å². The van der Waals surface area contributed by atoms with Crippen LogP contribution in [-0.2, 0) is 14.3 Å². The number of carbonyl (C=O) groups is 1. The van der Waals surface area contributed by atoms with Crippen molar-refractivity contribution < 1.29 is 39.8 Å². The lowest BCUT2D eigenvalue weighted by Crippen LogP contribution is -2.60. The van der Waals surface area contributed by atoms with E-state index in [0.29, 0.717) is 6.42 Å². The van der Waals surface area contributed by atoms with Gasteiger partial charge in [-0.05, 0) is 57.8 Å². The Morgan fingerprint density at radius 1 is 0.371 bits per heavy atom. The van der Waals surface area contributed by atoms with E-state index in [0.717, 1.165) is 38.5 Å². The quantitative estimate of drug-likeness (QED) is 0.0261. The molecule has 1 rings (SSSR count). The van der Waals surface area contributed by atoms with Crippen molar-refractivity contribution in [3.8, 4) is 0 Å². The molecule has 7 atom stereocenters. The van der Waals surface area contributed by atoms with Crippen LogP contribution < -0.4 is 5.32 Å². The van der Waals surface area contributed by atoms with Crippen LogP contribution in [0, 0.1) is 0 Å². The average molecular weight is 1260 g/mol. The fraction of sp³-hybridized carbons (Fsp3) is 0.912. The molecule has 0 aliphatic carbocycles. The Hall–Kier alpha value is -1.59. The molecular formula is C80H153NO8. The predicted octanol–water partition coefficient (Wildman–Crippen LogP) is 22.5. The van der Waals surface area contributed by atoms with Crippen molar-refractivity contribution in [3.63, 3.8) is 0 Å². The summed E-state index contributed by atoms with van der Waals surface area (Å²) in [6.45, 7) is 3.82. The van der Waals surface area contributed by atoms with E-state index in [1.807, 2.05) is 6.08 Å². The monoisotopic (exact) mass is 1260 g/mol. The molecule has 0 saturated carbocycles. The van der Waals surface area contributed by atoms with Crippen LogP contribution in [0.3, 0.4) is 0 Å². The van der Waals surface area contributed by atoms with E-state index >= 15 is 0 Å². The second-order valence-electron chi connectivity index (χ2n) is 27.9. The lowest BCUT2D eigenvalue weighted by Gasteiger charge is -2.40. The molecule has 1 aliphatic rings. The van der Waals surface area contributed by atoms with Crippen LogP contribution in [0.5, 0.6) is 0 Å². The molecule has 0 radical (unpaired) electrons. The van der Waals surface area contributed by atoms with E-state index in [9.17, 15) is 30.3 Å². The minimum absolute atomic E-state index is 0.177. The average Bonchev–Trinajstić information content (AvgIpc) is 2.59. The zero-order valence-electron chi connectivity index (χ0n) is 59.2. The maximum absolute atomic E-state index is 13.2. The number of nitrogens with one attached hydrogen (secondary N) is 1. The lowest BCUT2D eigenvalue weighted by molar-refractivity contribution is -0.302. The lowest BCUT2D eigenvalue weighted by atomic mass is 9.99. The van der Waals surface area contributed by atoms with E-state index in [4.69, 9.17) is 9.47 Å². The molecule has 0 aromatic rings. The van der Waals surface area contributed by atoms with Gasteiger partial charge in [-0.15, -0.1) is 0 Å². The first-order valence-corrected chi connectivity index (χ1v) is 39.7. The fourth-order valence-electron chi connectivity index (χ4n) is 13.0. The highest BCUT2D eigenvalue weighted by molar-refractivity contribution is 5.76. The van der Waals surface area contributed by atoms with Crippen LogP contribution in [0.25, 0.3) is 0 Å².